The van der Waals surface area contributed by atoms with E-state index in [0.29, 0.717) is 0 Å². The van der Waals surface area contributed by atoms with Crippen molar-refractivity contribution in [2.45, 2.75) is 26.4 Å². The molecule has 15 heavy (non-hydrogen) atoms. The van der Waals surface area contributed by atoms with Gasteiger partial charge in [0.2, 0.25) is 0 Å². The molecule has 1 aromatic rings. The molecule has 0 aliphatic rings. The number of hydrogen-bond acceptors (Lipinski definition) is 1. The molecule has 1 unspecified atom stereocenters. The maximum absolute atomic E-state index is 12.9. The summed E-state index contributed by atoms with van der Waals surface area (Å²) in [5.74, 6) is 0.977. The standard InChI is InChI=1S/C12H21OPSi/c1-4-10-14(13,11-15(2)3)12-8-6-5-7-9-12/h5-9,15H,4,10-11H2,1-3H3. The third-order valence-electron chi connectivity index (χ3n) is 2.47. The molecule has 0 saturated carbocycles. The molecular weight excluding hydrogens is 219 g/mol. The first-order valence-electron chi connectivity index (χ1n) is 5.72. The molecule has 0 fully saturated rings. The summed E-state index contributed by atoms with van der Waals surface area (Å²) >= 11 is 0. The molecule has 0 heterocycles. The van der Waals surface area contributed by atoms with Crippen LogP contribution in [-0.4, -0.2) is 20.7 Å². The zero-order valence-electron chi connectivity index (χ0n) is 9.94. The first-order valence-corrected chi connectivity index (χ1v) is 10.9. The molecular formula is C12H21OPSi. The molecule has 0 aliphatic carbocycles. The molecule has 0 radical (unpaired) electrons. The quantitative estimate of drug-likeness (QED) is 0.571. The third-order valence-corrected chi connectivity index (χ3v) is 10.2. The Kier molecular flexibility index (Phi) is 4.81. The van der Waals surface area contributed by atoms with Gasteiger partial charge >= 0.3 is 0 Å². The molecule has 1 nitrogen and oxygen atoms in total. The highest BCUT2D eigenvalue weighted by atomic mass is 31.2. The van der Waals surface area contributed by atoms with Crippen LogP contribution >= 0.6 is 7.14 Å². The fourth-order valence-electron chi connectivity index (χ4n) is 1.98. The molecule has 0 bridgehead atoms. The average Bonchev–Trinajstić information content (AvgIpc) is 2.18. The molecule has 0 aliphatic heterocycles. The van der Waals surface area contributed by atoms with E-state index in [1.807, 2.05) is 30.3 Å². The average molecular weight is 240 g/mol. The molecule has 0 N–H and O–H groups in total. The summed E-state index contributed by atoms with van der Waals surface area (Å²) in [6.45, 7) is 6.69. The van der Waals surface area contributed by atoms with E-state index in [1.54, 1.807) is 0 Å². The smallest absolute Gasteiger partial charge is 0.112 e. The molecule has 0 spiro atoms. The van der Waals surface area contributed by atoms with E-state index in [1.165, 1.54) is 0 Å². The monoisotopic (exact) mass is 240 g/mol. The van der Waals surface area contributed by atoms with Gasteiger partial charge in [-0.3, -0.25) is 0 Å². The fourth-order valence-corrected chi connectivity index (χ4v) is 9.96. The van der Waals surface area contributed by atoms with Crippen LogP contribution in [0.4, 0.5) is 0 Å². The van der Waals surface area contributed by atoms with Gasteiger partial charge < -0.3 is 4.57 Å². The van der Waals surface area contributed by atoms with Crippen LogP contribution in [0.25, 0.3) is 0 Å². The van der Waals surface area contributed by atoms with Gasteiger partial charge in [-0.25, -0.2) is 0 Å². The van der Waals surface area contributed by atoms with Crippen LogP contribution in [0.5, 0.6) is 0 Å². The Morgan fingerprint density at radius 2 is 1.80 bits per heavy atom. The van der Waals surface area contributed by atoms with Crippen molar-refractivity contribution in [1.29, 1.82) is 0 Å². The molecule has 84 valence electrons. The van der Waals surface area contributed by atoms with Crippen LogP contribution in [0.3, 0.4) is 0 Å². The van der Waals surface area contributed by atoms with Gasteiger partial charge in [-0.05, 0) is 12.2 Å². The number of rotatable bonds is 5. The van der Waals surface area contributed by atoms with E-state index in [2.05, 4.69) is 20.0 Å². The largest absolute Gasteiger partial charge is 0.319 e. The van der Waals surface area contributed by atoms with Crippen molar-refractivity contribution in [3.05, 3.63) is 30.3 Å². The van der Waals surface area contributed by atoms with E-state index in [0.717, 1.165) is 23.7 Å². The maximum atomic E-state index is 12.9. The minimum Gasteiger partial charge on any atom is -0.319 e. The highest BCUT2D eigenvalue weighted by molar-refractivity contribution is 7.73. The summed E-state index contributed by atoms with van der Waals surface area (Å²) in [4.78, 5) is 0. The van der Waals surface area contributed by atoms with Gasteiger partial charge in [-0.1, -0.05) is 50.3 Å². The second kappa shape index (κ2) is 5.67. The Morgan fingerprint density at radius 3 is 2.27 bits per heavy atom. The van der Waals surface area contributed by atoms with Crippen LogP contribution in [0.15, 0.2) is 30.3 Å². The van der Waals surface area contributed by atoms with E-state index < -0.39 is 15.9 Å². The Bertz CT molecular complexity index is 335. The van der Waals surface area contributed by atoms with Crippen LogP contribution in [0.2, 0.25) is 13.1 Å². The predicted octanol–water partition coefficient (Wildman–Crippen LogP) is 3.11. The second-order valence-corrected chi connectivity index (χ2v) is 11.5. The molecule has 3 heteroatoms. The lowest BCUT2D eigenvalue weighted by atomic mass is 10.4. The predicted molar refractivity (Wildman–Crippen MR) is 72.6 cm³/mol. The molecule has 0 aromatic heterocycles. The molecule has 1 atom stereocenters. The van der Waals surface area contributed by atoms with Gasteiger partial charge in [-0.15, -0.1) is 0 Å². The van der Waals surface area contributed by atoms with E-state index in [4.69, 9.17) is 0 Å². The van der Waals surface area contributed by atoms with Gasteiger partial charge in [0.15, 0.2) is 0 Å². The Balaban J connectivity index is 2.96. The second-order valence-electron chi connectivity index (χ2n) is 4.52. The molecule has 0 amide bonds. The van der Waals surface area contributed by atoms with E-state index >= 15 is 0 Å². The lowest BCUT2D eigenvalue weighted by Crippen LogP contribution is -2.18. The van der Waals surface area contributed by atoms with Crippen LogP contribution in [-0.2, 0) is 4.57 Å². The van der Waals surface area contributed by atoms with Crippen molar-refractivity contribution < 1.29 is 4.57 Å². The molecule has 1 aromatic carbocycles. The Labute approximate surface area is 94.9 Å². The minimum absolute atomic E-state index is 0.760. The fraction of sp³-hybridized carbons (Fsp3) is 0.500. The minimum atomic E-state index is -2.07. The zero-order valence-corrected chi connectivity index (χ0v) is 12.0. The van der Waals surface area contributed by atoms with Gasteiger partial charge in [-0.2, -0.15) is 0 Å². The van der Waals surface area contributed by atoms with Crippen molar-refractivity contribution in [2.75, 3.05) is 11.9 Å². The lowest BCUT2D eigenvalue weighted by Gasteiger charge is -2.19. The van der Waals surface area contributed by atoms with Crippen molar-refractivity contribution in [3.8, 4) is 0 Å². The van der Waals surface area contributed by atoms with Crippen LogP contribution in [0.1, 0.15) is 13.3 Å². The van der Waals surface area contributed by atoms with E-state index in [-0.39, 0.29) is 0 Å². The third kappa shape index (κ3) is 3.62. The summed E-state index contributed by atoms with van der Waals surface area (Å²) in [5.41, 5.74) is 0. The van der Waals surface area contributed by atoms with Gasteiger partial charge in [0.05, 0.1) is 0 Å². The summed E-state index contributed by atoms with van der Waals surface area (Å²) in [5, 5.41) is 1.09. The summed E-state index contributed by atoms with van der Waals surface area (Å²) in [6, 6.07) is 10.1. The number of benzene rings is 1. The zero-order chi connectivity index (χ0) is 11.3. The summed E-state index contributed by atoms with van der Waals surface area (Å²) < 4.78 is 12.9. The lowest BCUT2D eigenvalue weighted by molar-refractivity contribution is 0.583. The molecule has 0 saturated heterocycles. The Morgan fingerprint density at radius 1 is 1.20 bits per heavy atom. The molecule has 1 rings (SSSR count). The van der Waals surface area contributed by atoms with Crippen LogP contribution in [0, 0.1) is 0 Å². The van der Waals surface area contributed by atoms with E-state index in [9.17, 15) is 4.57 Å². The SMILES string of the molecule is CCCP(=O)(C[SiH](C)C)c1ccccc1. The highest BCUT2D eigenvalue weighted by Crippen LogP contribution is 2.45. The van der Waals surface area contributed by atoms with Crippen molar-refractivity contribution >= 4 is 21.2 Å². The first kappa shape index (κ1) is 12.7. The topological polar surface area (TPSA) is 17.1 Å². The summed E-state index contributed by atoms with van der Waals surface area (Å²) in [6.07, 6.45) is 1.90. The normalized spacial score (nSPS) is 15.2. The summed E-state index contributed by atoms with van der Waals surface area (Å²) in [7, 11) is -2.83. The van der Waals surface area contributed by atoms with Crippen molar-refractivity contribution in [1.82, 2.24) is 0 Å². The van der Waals surface area contributed by atoms with Gasteiger partial charge in [0, 0.05) is 20.3 Å². The van der Waals surface area contributed by atoms with Crippen molar-refractivity contribution in [2.24, 2.45) is 0 Å². The first-order chi connectivity index (χ1) is 7.08. The number of hydrogen-bond donors (Lipinski definition) is 0. The maximum Gasteiger partial charge on any atom is 0.112 e. The Hall–Kier alpha value is -0.333. The van der Waals surface area contributed by atoms with Crippen LogP contribution < -0.4 is 5.30 Å². The van der Waals surface area contributed by atoms with Crippen molar-refractivity contribution in [3.63, 3.8) is 0 Å². The van der Waals surface area contributed by atoms with Gasteiger partial charge in [0.1, 0.15) is 7.14 Å². The van der Waals surface area contributed by atoms with Gasteiger partial charge in [0.25, 0.3) is 0 Å². The highest BCUT2D eigenvalue weighted by Gasteiger charge is 2.24.